The van der Waals surface area contributed by atoms with Crippen molar-refractivity contribution >= 4 is 52.6 Å². The Bertz CT molecular complexity index is 3100. The van der Waals surface area contributed by atoms with Gasteiger partial charge in [0.2, 0.25) is 11.8 Å². The monoisotopic (exact) mass is 1040 g/mol. The molecule has 0 atom stereocenters. The average Bonchev–Trinajstić information content (AvgIpc) is 3.41. The number of nitrogens with zero attached hydrogens (tertiary/aromatic N) is 5. The number of anilines is 1. The molecule has 77 heavy (non-hydrogen) atoms. The molecule has 14 heteroatoms. The van der Waals surface area contributed by atoms with Crippen LogP contribution in [0.5, 0.6) is 11.8 Å². The van der Waals surface area contributed by atoms with Crippen molar-refractivity contribution in [3.8, 4) is 11.8 Å². The molecule has 400 valence electrons. The van der Waals surface area contributed by atoms with Crippen LogP contribution in [0.3, 0.4) is 0 Å². The van der Waals surface area contributed by atoms with E-state index in [9.17, 15) is 9.59 Å². The van der Waals surface area contributed by atoms with Crippen LogP contribution in [0, 0.1) is 25.7 Å². The number of fused-ring (bicyclic) bond motifs is 2. The van der Waals surface area contributed by atoms with Gasteiger partial charge in [-0.3, -0.25) is 9.78 Å². The molecule has 6 aromatic rings. The highest BCUT2D eigenvalue weighted by molar-refractivity contribution is 6.14. The van der Waals surface area contributed by atoms with Gasteiger partial charge < -0.3 is 15.2 Å². The first kappa shape index (κ1) is 54.2. The maximum atomic E-state index is 11.8. The first-order chi connectivity index (χ1) is 37.1. The number of carbonyl (C=O) groups excluding carboxylic acids is 2. The summed E-state index contributed by atoms with van der Waals surface area (Å²) in [6.45, 7) is 11.9. The number of nitrogens with two attached hydrogens (primary N) is 1. The minimum absolute atomic E-state index is 0.284. The van der Waals surface area contributed by atoms with Crippen molar-refractivity contribution in [3.05, 3.63) is 165 Å². The smallest absolute Gasteiger partial charge is 0.342 e. The van der Waals surface area contributed by atoms with E-state index in [1.54, 1.807) is 0 Å². The normalized spacial score (nSPS) is 19.9. The lowest BCUT2D eigenvalue weighted by atomic mass is 9.77. The maximum absolute atomic E-state index is 11.8. The molecule has 0 radical (unpaired) electrons. The van der Waals surface area contributed by atoms with E-state index >= 15 is 0 Å². The van der Waals surface area contributed by atoms with Crippen LogP contribution < -0.4 is 15.2 Å². The Morgan fingerprint density at radius 1 is 0.558 bits per heavy atom. The van der Waals surface area contributed by atoms with Crippen LogP contribution >= 0.6 is 0 Å². The molecule has 2 N–H and O–H groups in total. The standard InChI is InChI=1S/C38H39N3O4.C25H31N3O4/c1-25-39-36(41-35(30-11-7-5-8-12-30)31-13-9-6-10-14-31)32-24-33(38(2,3)44-37(32)40-25)29-21-19-28(20-22-29)27-17-15-26(16-18-27)23-34(42)45-43-4;1-15-27-23(26)20-14-21(25(2,3)31-24(20)28-15)19-11-9-18(10-12-19)17-7-5-16(6-8-17)13-22(29)32-30-4/h5-14,19-22,24,26-27H,15-18,23H2,1-4H3;9-12,14,16-17H,5-8,13H2,1-4H3,(H2,26,27,28). The molecule has 0 bridgehead atoms. The molecule has 4 aliphatic rings. The highest BCUT2D eigenvalue weighted by Crippen LogP contribution is 2.45. The van der Waals surface area contributed by atoms with E-state index in [4.69, 9.17) is 25.2 Å². The number of aliphatic imine (C=N–C) groups is 1. The number of carbonyl (C=O) groups is 2. The van der Waals surface area contributed by atoms with Crippen LogP contribution in [0.15, 0.2) is 114 Å². The van der Waals surface area contributed by atoms with Gasteiger partial charge in [-0.2, -0.15) is 19.7 Å². The first-order valence-electron chi connectivity index (χ1n) is 26.8. The van der Waals surface area contributed by atoms with Gasteiger partial charge >= 0.3 is 11.9 Å². The fraction of sp³-hybridized carbons (Fsp3) is 0.381. The van der Waals surface area contributed by atoms with Gasteiger partial charge in [-0.05, 0) is 151 Å². The van der Waals surface area contributed by atoms with Gasteiger partial charge in [0.25, 0.3) is 0 Å². The van der Waals surface area contributed by atoms with Gasteiger partial charge in [-0.1, -0.05) is 109 Å². The predicted molar refractivity (Wildman–Crippen MR) is 299 cm³/mol. The van der Waals surface area contributed by atoms with Gasteiger partial charge in [0.05, 0.1) is 43.9 Å². The molecular weight excluding hydrogens is 969 g/mol. The lowest BCUT2D eigenvalue weighted by molar-refractivity contribution is -0.256. The molecule has 10 rings (SSSR count). The topological polar surface area (TPSA) is 179 Å². The molecule has 14 nitrogen and oxygen atoms in total. The van der Waals surface area contributed by atoms with E-state index in [1.165, 1.54) is 25.3 Å². The average molecular weight is 1040 g/mol. The third-order valence-corrected chi connectivity index (χ3v) is 15.3. The first-order valence-corrected chi connectivity index (χ1v) is 26.8. The Labute approximate surface area is 452 Å². The van der Waals surface area contributed by atoms with Gasteiger partial charge in [0.1, 0.15) is 28.7 Å². The van der Waals surface area contributed by atoms with Crippen LogP contribution in [0.1, 0.15) is 160 Å². The minimum Gasteiger partial charge on any atom is -0.466 e. The lowest BCUT2D eigenvalue weighted by Gasteiger charge is -2.34. The Balaban J connectivity index is 0.000000199. The van der Waals surface area contributed by atoms with Crippen molar-refractivity contribution in [2.24, 2.45) is 16.8 Å². The largest absolute Gasteiger partial charge is 0.466 e. The number of rotatable bonds is 13. The van der Waals surface area contributed by atoms with E-state index in [0.717, 1.165) is 102 Å². The molecule has 4 aromatic carbocycles. The Hall–Kier alpha value is -7.55. The summed E-state index contributed by atoms with van der Waals surface area (Å²) >= 11 is 0. The highest BCUT2D eigenvalue weighted by Gasteiger charge is 2.36. The Kier molecular flexibility index (Phi) is 16.7. The maximum Gasteiger partial charge on any atom is 0.342 e. The number of benzene rings is 4. The molecule has 0 spiro atoms. The van der Waals surface area contributed by atoms with Gasteiger partial charge in [-0.25, -0.2) is 24.5 Å². The van der Waals surface area contributed by atoms with E-state index in [0.29, 0.717) is 71.6 Å². The summed E-state index contributed by atoms with van der Waals surface area (Å²) in [6, 6.07) is 37.9. The fourth-order valence-corrected chi connectivity index (χ4v) is 11.3. The van der Waals surface area contributed by atoms with Gasteiger partial charge in [-0.15, -0.1) is 0 Å². The molecular formula is C63H70N6O8. The number of hydrogen-bond donors (Lipinski definition) is 1. The molecule has 0 saturated heterocycles. The van der Waals surface area contributed by atoms with Crippen LogP contribution in [0.4, 0.5) is 11.6 Å². The number of nitrogen functional groups attached to an aromatic ring is 1. The Morgan fingerprint density at radius 3 is 1.39 bits per heavy atom. The minimum atomic E-state index is -0.604. The molecule has 0 amide bonds. The van der Waals surface area contributed by atoms with Crippen LogP contribution in [0.2, 0.25) is 0 Å². The number of aromatic nitrogens is 4. The van der Waals surface area contributed by atoms with Crippen molar-refractivity contribution in [2.75, 3.05) is 20.0 Å². The van der Waals surface area contributed by atoms with Crippen molar-refractivity contribution in [2.45, 2.75) is 129 Å². The number of hydrogen-bond acceptors (Lipinski definition) is 14. The van der Waals surface area contributed by atoms with Crippen LogP contribution in [-0.2, 0) is 29.1 Å². The summed E-state index contributed by atoms with van der Waals surface area (Å²) in [5, 5.41) is 0. The molecule has 0 unspecified atom stereocenters. The molecule has 4 heterocycles. The second-order valence-electron chi connectivity index (χ2n) is 21.6. The fourth-order valence-electron chi connectivity index (χ4n) is 11.3. The van der Waals surface area contributed by atoms with Crippen LogP contribution in [-0.4, -0.2) is 63.0 Å². The zero-order chi connectivity index (χ0) is 54.3. The summed E-state index contributed by atoms with van der Waals surface area (Å²) < 4.78 is 12.8. The summed E-state index contributed by atoms with van der Waals surface area (Å²) in [5.41, 5.74) is 16.3. The molecule has 2 aliphatic heterocycles. The summed E-state index contributed by atoms with van der Waals surface area (Å²) in [6.07, 6.45) is 13.3. The van der Waals surface area contributed by atoms with Crippen molar-refractivity contribution < 1.29 is 38.6 Å². The highest BCUT2D eigenvalue weighted by atomic mass is 17.2. The van der Waals surface area contributed by atoms with E-state index in [2.05, 4.69) is 127 Å². The molecule has 2 aliphatic carbocycles. The van der Waals surface area contributed by atoms with Gasteiger partial charge in [0.15, 0.2) is 5.82 Å². The zero-order valence-corrected chi connectivity index (χ0v) is 45.5. The Morgan fingerprint density at radius 2 is 0.961 bits per heavy atom. The SMILES string of the molecule is COOC(=O)CC1CCC(c2ccc(C3=Cc4c(N)nc(C)nc4OC3(C)C)cc2)CC1.COOC(=O)CC1CCC(c2ccc(C3=Cc4c(N=C(c5ccccc5)c5ccccc5)nc(C)nc4OC3(C)C)cc2)CC1. The predicted octanol–water partition coefficient (Wildman–Crippen LogP) is 13.3. The summed E-state index contributed by atoms with van der Waals surface area (Å²) in [4.78, 5) is 65.1. The lowest BCUT2D eigenvalue weighted by Crippen LogP contribution is -2.33. The van der Waals surface area contributed by atoms with Crippen molar-refractivity contribution in [3.63, 3.8) is 0 Å². The molecule has 2 saturated carbocycles. The zero-order valence-electron chi connectivity index (χ0n) is 45.5. The van der Waals surface area contributed by atoms with Crippen LogP contribution in [0.25, 0.3) is 23.3 Å². The van der Waals surface area contributed by atoms with Crippen molar-refractivity contribution in [1.29, 1.82) is 0 Å². The quantitative estimate of drug-likeness (QED) is 0.0656. The third-order valence-electron chi connectivity index (χ3n) is 15.3. The number of aryl methyl sites for hydroxylation is 2. The van der Waals surface area contributed by atoms with Crippen molar-refractivity contribution in [1.82, 2.24) is 19.9 Å². The molecule has 2 fully saturated rings. The third kappa shape index (κ3) is 13.0. The second kappa shape index (κ2) is 23.8. The molecule has 2 aromatic heterocycles. The van der Waals surface area contributed by atoms with E-state index in [1.807, 2.05) is 70.2 Å². The summed E-state index contributed by atoms with van der Waals surface area (Å²) in [7, 11) is 2.72. The van der Waals surface area contributed by atoms with E-state index in [-0.39, 0.29) is 11.9 Å². The second-order valence-corrected chi connectivity index (χ2v) is 21.6. The van der Waals surface area contributed by atoms with E-state index < -0.39 is 11.2 Å². The summed E-state index contributed by atoms with van der Waals surface area (Å²) in [5.74, 6) is 4.43. The number of ether oxygens (including phenoxy) is 2. The van der Waals surface area contributed by atoms with Gasteiger partial charge in [0, 0.05) is 22.3 Å².